The van der Waals surface area contributed by atoms with Crippen molar-refractivity contribution in [3.05, 3.63) is 5.21 Å². The van der Waals surface area contributed by atoms with E-state index in [1.54, 1.807) is 4.90 Å². The van der Waals surface area contributed by atoms with Gasteiger partial charge in [0.1, 0.15) is 42.7 Å². The van der Waals surface area contributed by atoms with Crippen LogP contribution in [0.15, 0.2) is 5.28 Å². The molecule has 0 aromatic carbocycles. The fourth-order valence-corrected chi connectivity index (χ4v) is 5.73. The van der Waals surface area contributed by atoms with E-state index in [1.807, 2.05) is 0 Å². The molecule has 10 atom stereocenters. The average molecular weight is 688 g/mol. The van der Waals surface area contributed by atoms with E-state index in [2.05, 4.69) is 19.0 Å². The van der Waals surface area contributed by atoms with Crippen molar-refractivity contribution in [2.75, 3.05) is 46.6 Å². The number of methoxy groups -OCH3 is 1. The maximum Gasteiger partial charge on any atom is 0.397 e. The molecule has 0 aromatic rings. The number of hydrogen-bond donors (Lipinski definition) is 8. The second-order valence-electron chi connectivity index (χ2n) is 9.63. The summed E-state index contributed by atoms with van der Waals surface area (Å²) in [6.45, 7) is -0.345. The molecule has 24 nitrogen and oxygen atoms in total. The Morgan fingerprint density at radius 2 is 1.66 bits per heavy atom. The van der Waals surface area contributed by atoms with E-state index >= 15 is 0 Å². The summed E-state index contributed by atoms with van der Waals surface area (Å²) in [5, 5.41) is 67.1. The molecule has 0 saturated carbocycles. The van der Waals surface area contributed by atoms with E-state index in [9.17, 15) is 61.5 Å². The first kappa shape index (κ1) is 36.3. The second kappa shape index (κ2) is 15.0. The van der Waals surface area contributed by atoms with Crippen LogP contribution in [0.1, 0.15) is 0 Å². The lowest BCUT2D eigenvalue weighted by atomic mass is 9.95. The van der Waals surface area contributed by atoms with Crippen LogP contribution in [0, 0.1) is 5.21 Å². The summed E-state index contributed by atoms with van der Waals surface area (Å²) in [6.07, 6.45) is -19.0. The highest BCUT2D eigenvalue weighted by Crippen LogP contribution is 2.32. The molecule has 44 heavy (non-hydrogen) atoms. The highest BCUT2D eigenvalue weighted by atomic mass is 32.3. The molecule has 0 amide bonds. The van der Waals surface area contributed by atoms with Crippen LogP contribution in [0.5, 0.6) is 0 Å². The number of aliphatic hydroxyl groups is 4. The summed E-state index contributed by atoms with van der Waals surface area (Å²) >= 11 is 0. The quantitative estimate of drug-likeness (QED) is 0.0223. The number of carbonyl (C=O) groups is 1. The monoisotopic (exact) mass is 687 g/mol. The number of ether oxygens (including phenoxy) is 4. The van der Waals surface area contributed by atoms with Crippen LogP contribution in [0.4, 0.5) is 0 Å². The first-order valence-corrected chi connectivity index (χ1v) is 15.3. The Balaban J connectivity index is 1.90. The Kier molecular flexibility index (Phi) is 12.3. The standard InChI is InChI=1S/C18H33N5O19S2/c1-37-7-38-20-23(30)22-4-2-21(3-5-22)6-8-13(40-18-12(26)10(24)11(25)15(41-18)16(27)28)14(42-44(34,35)36)9(17(29)39-8)19-43(31,32)33/h8-15,17-19,24-26,29H,2-7H2,1H3,(H,27,28)(H,31,32,33)(H,34,35,36)/b23-20+/t8-,9-,10+,11+,12-,13-,14-,15+,17+,18-/m1/s1. The number of aliphatic carboxylic acids is 1. The molecule has 0 bridgehead atoms. The Morgan fingerprint density at radius 3 is 2.20 bits per heavy atom. The smallest absolute Gasteiger partial charge is 0.397 e. The Labute approximate surface area is 249 Å². The molecule has 3 saturated heterocycles. The lowest BCUT2D eigenvalue weighted by Crippen LogP contribution is -2.69. The highest BCUT2D eigenvalue weighted by molar-refractivity contribution is 7.83. The van der Waals surface area contributed by atoms with Gasteiger partial charge in [0.2, 0.25) is 12.1 Å². The van der Waals surface area contributed by atoms with Gasteiger partial charge < -0.3 is 54.5 Å². The van der Waals surface area contributed by atoms with Gasteiger partial charge in [-0.3, -0.25) is 14.0 Å². The number of nitrogens with zero attached hydrogens (tertiary/aromatic N) is 4. The summed E-state index contributed by atoms with van der Waals surface area (Å²) in [7, 11) is -9.40. The van der Waals surface area contributed by atoms with E-state index in [1.165, 1.54) is 16.8 Å². The first-order chi connectivity index (χ1) is 20.4. The topological polar surface area (TPSA) is 339 Å². The van der Waals surface area contributed by atoms with Crippen molar-refractivity contribution in [1.82, 2.24) is 14.6 Å². The van der Waals surface area contributed by atoms with Crippen LogP contribution in [-0.2, 0) is 53.5 Å². The zero-order valence-electron chi connectivity index (χ0n) is 22.7. The van der Waals surface area contributed by atoms with Gasteiger partial charge in [0.15, 0.2) is 18.7 Å². The van der Waals surface area contributed by atoms with Crippen molar-refractivity contribution in [3.63, 3.8) is 0 Å². The van der Waals surface area contributed by atoms with Gasteiger partial charge in [0, 0.05) is 26.7 Å². The van der Waals surface area contributed by atoms with Gasteiger partial charge in [-0.25, -0.2) is 8.98 Å². The Morgan fingerprint density at radius 1 is 1.02 bits per heavy atom. The molecule has 0 unspecified atom stereocenters. The molecule has 0 aromatic heterocycles. The molecule has 3 aliphatic rings. The third-order valence-electron chi connectivity index (χ3n) is 6.61. The zero-order valence-corrected chi connectivity index (χ0v) is 24.3. The first-order valence-electron chi connectivity index (χ1n) is 12.5. The van der Waals surface area contributed by atoms with Crippen LogP contribution in [0.3, 0.4) is 0 Å². The molecular weight excluding hydrogens is 654 g/mol. The number of piperazine rings is 1. The third-order valence-corrected chi connectivity index (χ3v) is 7.65. The van der Waals surface area contributed by atoms with E-state index in [4.69, 9.17) is 14.2 Å². The number of hydrogen-bond acceptors (Lipinski definition) is 18. The van der Waals surface area contributed by atoms with Gasteiger partial charge in [0.05, 0.1) is 18.1 Å². The molecule has 0 radical (unpaired) electrons. The number of carboxylic acid groups (broad SMARTS) is 1. The van der Waals surface area contributed by atoms with Crippen LogP contribution in [0.2, 0.25) is 0 Å². The van der Waals surface area contributed by atoms with Gasteiger partial charge >= 0.3 is 26.7 Å². The van der Waals surface area contributed by atoms with Crippen LogP contribution >= 0.6 is 0 Å². The fourth-order valence-electron chi connectivity index (χ4n) is 4.63. The van der Waals surface area contributed by atoms with Gasteiger partial charge in [0.25, 0.3) is 0 Å². The van der Waals surface area contributed by atoms with Crippen molar-refractivity contribution >= 4 is 26.7 Å². The van der Waals surface area contributed by atoms with E-state index < -0.39 is 88.0 Å². The minimum absolute atomic E-state index is 0.0385. The molecule has 256 valence electrons. The molecule has 0 aliphatic carbocycles. The zero-order chi connectivity index (χ0) is 33.0. The summed E-state index contributed by atoms with van der Waals surface area (Å²) < 4.78 is 92.1. The third kappa shape index (κ3) is 9.67. The molecule has 3 rings (SSSR count). The normalized spacial score (nSPS) is 36.2. The van der Waals surface area contributed by atoms with Crippen molar-refractivity contribution in [1.29, 1.82) is 0 Å². The summed E-state index contributed by atoms with van der Waals surface area (Å²) in [5.74, 6) is -1.80. The predicted molar refractivity (Wildman–Crippen MR) is 132 cm³/mol. The van der Waals surface area contributed by atoms with Crippen molar-refractivity contribution < 1.29 is 89.2 Å². The van der Waals surface area contributed by atoms with Gasteiger partial charge in [-0.2, -0.15) is 21.6 Å². The minimum atomic E-state index is -5.49. The summed E-state index contributed by atoms with van der Waals surface area (Å²) in [6, 6.07) is -2.22. The maximum absolute atomic E-state index is 12.1. The summed E-state index contributed by atoms with van der Waals surface area (Å²) in [5.41, 5.74) is 0. The SMILES string of the molecule is COCO/N=[N+](/[O-])N1CCN(C[C@H]2O[C@H](O)[C@H](NS(=O)(=O)O)[C@@H](OS(=O)(=O)O)[C@@H]2O[C@@H]2O[C@H](C(=O)O)[C@@H](O)[C@H](O)[C@H]2O)CC1. The van der Waals surface area contributed by atoms with Gasteiger partial charge in [-0.15, -0.1) is 5.01 Å². The highest BCUT2D eigenvalue weighted by Gasteiger charge is 2.54. The number of rotatable bonds is 13. The van der Waals surface area contributed by atoms with Gasteiger partial charge in [-0.1, -0.05) is 0 Å². The number of hydrazine groups is 1. The van der Waals surface area contributed by atoms with E-state index in [-0.39, 0.29) is 44.5 Å². The van der Waals surface area contributed by atoms with Crippen molar-refractivity contribution in [2.24, 2.45) is 5.28 Å². The molecule has 0 spiro atoms. The average Bonchev–Trinajstić information content (AvgIpc) is 2.91. The Bertz CT molecular complexity index is 1220. The Hall–Kier alpha value is -2.15. The van der Waals surface area contributed by atoms with Crippen LogP contribution in [-0.4, -0.2) is 180 Å². The molecule has 3 fully saturated rings. The maximum atomic E-state index is 12.1. The molecule has 26 heteroatoms. The predicted octanol–water partition coefficient (Wildman–Crippen LogP) is -6.04. The van der Waals surface area contributed by atoms with Crippen molar-refractivity contribution in [3.8, 4) is 0 Å². The van der Waals surface area contributed by atoms with Crippen LogP contribution in [0.25, 0.3) is 0 Å². The number of aliphatic hydroxyl groups excluding tert-OH is 4. The number of nitrogens with one attached hydrogen (secondary N) is 1. The van der Waals surface area contributed by atoms with Crippen molar-refractivity contribution in [2.45, 2.75) is 61.3 Å². The molecule has 3 heterocycles. The van der Waals surface area contributed by atoms with E-state index in [0.29, 0.717) is 0 Å². The van der Waals surface area contributed by atoms with Crippen LogP contribution < -0.4 is 4.72 Å². The lowest BCUT2D eigenvalue weighted by Gasteiger charge is -2.47. The summed E-state index contributed by atoms with van der Waals surface area (Å²) in [4.78, 5) is 17.9. The minimum Gasteiger partial charge on any atom is -0.569 e. The second-order valence-corrected chi connectivity index (χ2v) is 11.9. The van der Waals surface area contributed by atoms with E-state index in [0.717, 1.165) is 0 Å². The molecule has 3 aliphatic heterocycles. The van der Waals surface area contributed by atoms with Gasteiger partial charge in [-0.05, 0) is 0 Å². The largest absolute Gasteiger partial charge is 0.569 e. The molecular formula is C18H33N5O19S2. The molecule has 8 N–H and O–H groups in total. The number of carboxylic acids is 1. The lowest BCUT2D eigenvalue weighted by molar-refractivity contribution is -0.713. The fraction of sp³-hybridized carbons (Fsp3) is 0.944.